The maximum Gasteiger partial charge on any atom is 0.244 e. The molecule has 0 unspecified atom stereocenters. The third-order valence-electron chi connectivity index (χ3n) is 1.68. The number of hydrogen-bond donors (Lipinski definition) is 1. The Hall–Kier alpha value is -1.14. The average molecular weight is 219 g/mol. The Morgan fingerprint density at radius 3 is 2.57 bits per heavy atom. The van der Waals surface area contributed by atoms with Gasteiger partial charge in [0, 0.05) is 0 Å². The van der Waals surface area contributed by atoms with Crippen LogP contribution in [0, 0.1) is 5.82 Å². The minimum absolute atomic E-state index is 0.112. The molecule has 14 heavy (non-hydrogen) atoms. The zero-order chi connectivity index (χ0) is 10.8. The van der Waals surface area contributed by atoms with E-state index < -0.39 is 15.8 Å². The van der Waals surface area contributed by atoms with Gasteiger partial charge in [0.1, 0.15) is 16.5 Å². The summed E-state index contributed by atoms with van der Waals surface area (Å²) in [6, 6.07) is 3.30. The molecule has 0 fully saturated rings. The number of benzene rings is 1. The van der Waals surface area contributed by atoms with E-state index in [4.69, 9.17) is 4.74 Å². The molecule has 0 aliphatic heterocycles. The van der Waals surface area contributed by atoms with Crippen molar-refractivity contribution in [3.63, 3.8) is 0 Å². The van der Waals surface area contributed by atoms with Crippen molar-refractivity contribution in [2.75, 3.05) is 14.2 Å². The predicted molar refractivity (Wildman–Crippen MR) is 49.2 cm³/mol. The maximum atomic E-state index is 12.8. The molecule has 0 saturated heterocycles. The van der Waals surface area contributed by atoms with Crippen molar-refractivity contribution in [2.45, 2.75) is 4.90 Å². The highest BCUT2D eigenvalue weighted by Gasteiger charge is 2.17. The molecule has 78 valence electrons. The number of methoxy groups -OCH3 is 1. The fourth-order valence-corrected chi connectivity index (χ4v) is 1.87. The summed E-state index contributed by atoms with van der Waals surface area (Å²) in [7, 11) is -1.11. The van der Waals surface area contributed by atoms with Crippen molar-refractivity contribution < 1.29 is 17.5 Å². The highest BCUT2D eigenvalue weighted by molar-refractivity contribution is 7.89. The van der Waals surface area contributed by atoms with Crippen LogP contribution < -0.4 is 9.46 Å². The lowest BCUT2D eigenvalue weighted by molar-refractivity contribution is 0.400. The minimum Gasteiger partial charge on any atom is -0.495 e. The van der Waals surface area contributed by atoms with Crippen LogP contribution in [-0.2, 0) is 10.0 Å². The van der Waals surface area contributed by atoms with E-state index in [1.54, 1.807) is 0 Å². The van der Waals surface area contributed by atoms with E-state index in [0.717, 1.165) is 12.1 Å². The first kappa shape index (κ1) is 10.9. The maximum absolute atomic E-state index is 12.8. The quantitative estimate of drug-likeness (QED) is 0.815. The van der Waals surface area contributed by atoms with Crippen LogP contribution in [0.25, 0.3) is 0 Å². The van der Waals surface area contributed by atoms with Gasteiger partial charge in [0.05, 0.1) is 7.11 Å². The molecule has 1 N–H and O–H groups in total. The Bertz CT molecular complexity index is 430. The van der Waals surface area contributed by atoms with E-state index in [0.29, 0.717) is 0 Å². The van der Waals surface area contributed by atoms with Crippen molar-refractivity contribution >= 4 is 10.0 Å². The largest absolute Gasteiger partial charge is 0.495 e. The molecule has 0 spiro atoms. The van der Waals surface area contributed by atoms with Crippen molar-refractivity contribution in [2.24, 2.45) is 0 Å². The van der Waals surface area contributed by atoms with Gasteiger partial charge in [-0.2, -0.15) is 0 Å². The van der Waals surface area contributed by atoms with Crippen LogP contribution in [0.4, 0.5) is 4.39 Å². The number of rotatable bonds is 3. The first-order valence-corrected chi connectivity index (χ1v) is 5.26. The van der Waals surface area contributed by atoms with Gasteiger partial charge in [-0.15, -0.1) is 0 Å². The van der Waals surface area contributed by atoms with E-state index in [2.05, 4.69) is 4.72 Å². The summed E-state index contributed by atoms with van der Waals surface area (Å²) < 4.78 is 42.4. The molecule has 0 aromatic heterocycles. The van der Waals surface area contributed by atoms with E-state index >= 15 is 0 Å². The molecule has 0 radical (unpaired) electrons. The number of sulfonamides is 1. The van der Waals surface area contributed by atoms with Crippen LogP contribution >= 0.6 is 0 Å². The van der Waals surface area contributed by atoms with Gasteiger partial charge >= 0.3 is 0 Å². The number of hydrogen-bond acceptors (Lipinski definition) is 3. The van der Waals surface area contributed by atoms with Crippen LogP contribution in [0.15, 0.2) is 23.1 Å². The summed E-state index contributed by atoms with van der Waals surface area (Å²) in [6.45, 7) is 0. The molecule has 0 aliphatic carbocycles. The molecular weight excluding hydrogens is 209 g/mol. The molecule has 4 nitrogen and oxygen atoms in total. The summed E-state index contributed by atoms with van der Waals surface area (Å²) in [5, 5.41) is 0. The minimum atomic E-state index is -3.68. The van der Waals surface area contributed by atoms with Crippen LogP contribution in [0.2, 0.25) is 0 Å². The molecule has 0 heterocycles. The Kier molecular flexibility index (Phi) is 3.07. The van der Waals surface area contributed by atoms with E-state index in [1.165, 1.54) is 20.2 Å². The molecule has 0 saturated carbocycles. The Labute approximate surface area is 81.8 Å². The number of ether oxygens (including phenoxy) is 1. The number of nitrogens with one attached hydrogen (secondary N) is 1. The monoisotopic (exact) mass is 219 g/mol. The van der Waals surface area contributed by atoms with E-state index in [1.807, 2.05) is 0 Å². The van der Waals surface area contributed by atoms with E-state index in [-0.39, 0.29) is 10.6 Å². The van der Waals surface area contributed by atoms with Crippen molar-refractivity contribution in [3.8, 4) is 5.75 Å². The summed E-state index contributed by atoms with van der Waals surface area (Å²) in [5.41, 5.74) is 0. The molecule has 6 heteroatoms. The molecule has 0 bridgehead atoms. The van der Waals surface area contributed by atoms with Crippen LogP contribution in [-0.4, -0.2) is 22.6 Å². The highest BCUT2D eigenvalue weighted by Crippen LogP contribution is 2.23. The summed E-state index contributed by atoms with van der Waals surface area (Å²) in [5.74, 6) is -0.514. The lowest BCUT2D eigenvalue weighted by Gasteiger charge is -2.07. The molecule has 1 aromatic carbocycles. The van der Waals surface area contributed by atoms with E-state index in [9.17, 15) is 12.8 Å². The average Bonchev–Trinajstić information content (AvgIpc) is 2.18. The van der Waals surface area contributed by atoms with Crippen molar-refractivity contribution in [1.29, 1.82) is 0 Å². The second-order valence-electron chi connectivity index (χ2n) is 2.50. The SMILES string of the molecule is CNS(=O)(=O)c1cc(F)ccc1OC. The highest BCUT2D eigenvalue weighted by atomic mass is 32.2. The summed E-state index contributed by atoms with van der Waals surface area (Å²) in [6.07, 6.45) is 0. The van der Waals surface area contributed by atoms with Gasteiger partial charge in [0.25, 0.3) is 0 Å². The molecule has 0 aliphatic rings. The van der Waals surface area contributed by atoms with Crippen molar-refractivity contribution in [1.82, 2.24) is 4.72 Å². The Morgan fingerprint density at radius 1 is 1.43 bits per heavy atom. The van der Waals surface area contributed by atoms with Gasteiger partial charge in [-0.3, -0.25) is 0 Å². The zero-order valence-electron chi connectivity index (χ0n) is 7.74. The fraction of sp³-hybridized carbons (Fsp3) is 0.250. The van der Waals surface area contributed by atoms with Gasteiger partial charge < -0.3 is 4.74 Å². The van der Waals surface area contributed by atoms with Gasteiger partial charge in [0.15, 0.2) is 0 Å². The predicted octanol–water partition coefficient (Wildman–Crippen LogP) is 0.742. The van der Waals surface area contributed by atoms with Crippen molar-refractivity contribution in [3.05, 3.63) is 24.0 Å². The van der Waals surface area contributed by atoms with Crippen LogP contribution in [0.5, 0.6) is 5.75 Å². The molecule has 1 aromatic rings. The Morgan fingerprint density at radius 2 is 2.07 bits per heavy atom. The molecule has 0 amide bonds. The van der Waals surface area contributed by atoms with Crippen LogP contribution in [0.3, 0.4) is 0 Å². The second-order valence-corrected chi connectivity index (χ2v) is 4.36. The Balaban J connectivity index is 3.39. The molecule has 0 atom stereocenters. The third-order valence-corrected chi connectivity index (χ3v) is 3.12. The standard InChI is InChI=1S/C8H10FNO3S/c1-10-14(11,12)8-5-6(9)3-4-7(8)13-2/h3-5,10H,1-2H3. The molecular formula is C8H10FNO3S. The van der Waals surface area contributed by atoms with Gasteiger partial charge in [-0.1, -0.05) is 0 Å². The number of halogens is 1. The smallest absolute Gasteiger partial charge is 0.244 e. The zero-order valence-corrected chi connectivity index (χ0v) is 8.56. The first-order chi connectivity index (χ1) is 6.51. The third kappa shape index (κ3) is 2.02. The fourth-order valence-electron chi connectivity index (χ4n) is 0.971. The topological polar surface area (TPSA) is 55.4 Å². The first-order valence-electron chi connectivity index (χ1n) is 3.78. The summed E-state index contributed by atoms with van der Waals surface area (Å²) >= 11 is 0. The van der Waals surface area contributed by atoms with Gasteiger partial charge in [0.2, 0.25) is 10.0 Å². The summed E-state index contributed by atoms with van der Waals surface area (Å²) in [4.78, 5) is -0.206. The van der Waals surface area contributed by atoms with Crippen LogP contribution in [0.1, 0.15) is 0 Å². The lowest BCUT2D eigenvalue weighted by atomic mass is 10.3. The molecule has 1 rings (SSSR count). The van der Waals surface area contributed by atoms with Gasteiger partial charge in [-0.05, 0) is 25.2 Å². The second kappa shape index (κ2) is 3.93. The van der Waals surface area contributed by atoms with Gasteiger partial charge in [-0.25, -0.2) is 17.5 Å². The normalized spacial score (nSPS) is 11.4. The lowest BCUT2D eigenvalue weighted by Crippen LogP contribution is -2.19.